The second-order valence-corrected chi connectivity index (χ2v) is 11.0. The zero-order valence-electron chi connectivity index (χ0n) is 12.0. The molecular weight excluding hydrogens is 248 g/mol. The van der Waals surface area contributed by atoms with E-state index in [2.05, 4.69) is 39.0 Å². The van der Waals surface area contributed by atoms with Gasteiger partial charge < -0.3 is 9.08 Å². The van der Waals surface area contributed by atoms with Crippen LogP contribution < -0.4 is 5.56 Å². The summed E-state index contributed by atoms with van der Waals surface area (Å²) < 4.78 is 6.68. The average molecular weight is 270 g/mol. The molecule has 1 heterocycles. The van der Waals surface area contributed by atoms with Crippen LogP contribution in [0.25, 0.3) is 0 Å². The number of esters is 1. The van der Waals surface area contributed by atoms with Crippen LogP contribution in [0.5, 0.6) is 0 Å². The van der Waals surface area contributed by atoms with Crippen LogP contribution in [0.2, 0.25) is 18.1 Å². The highest BCUT2D eigenvalue weighted by Crippen LogP contribution is 2.36. The van der Waals surface area contributed by atoms with Gasteiger partial charge in [-0.15, -0.1) is 0 Å². The van der Waals surface area contributed by atoms with E-state index in [1.807, 2.05) is 4.35 Å². The van der Waals surface area contributed by atoms with Crippen LogP contribution in [0.1, 0.15) is 38.1 Å². The molecule has 0 aliphatic carbocycles. The second-order valence-electron chi connectivity index (χ2n) is 5.88. The maximum Gasteiger partial charge on any atom is 0.345 e. The number of nitrogens with zero attached hydrogens (tertiary/aromatic N) is 1. The van der Waals surface area contributed by atoms with E-state index in [1.54, 1.807) is 13.1 Å². The number of aromatic amines is 1. The first-order chi connectivity index (χ1) is 8.11. The Morgan fingerprint density at radius 1 is 1.44 bits per heavy atom. The van der Waals surface area contributed by atoms with Gasteiger partial charge in [0.2, 0.25) is 0 Å². The van der Waals surface area contributed by atoms with Crippen LogP contribution in [-0.4, -0.2) is 30.3 Å². The van der Waals surface area contributed by atoms with Crippen molar-refractivity contribution in [3.8, 4) is 0 Å². The smallest absolute Gasteiger partial charge is 0.345 e. The molecule has 0 unspecified atom stereocenters. The monoisotopic (exact) mass is 270 g/mol. The normalized spacial score (nSPS) is 12.6. The predicted octanol–water partition coefficient (Wildman–Crippen LogP) is 2.21. The maximum atomic E-state index is 11.8. The van der Waals surface area contributed by atoms with Gasteiger partial charge in [0.05, 0.1) is 6.61 Å². The highest BCUT2D eigenvalue weighted by atomic mass is 28.3. The Labute approximate surface area is 108 Å². The van der Waals surface area contributed by atoms with Gasteiger partial charge in [-0.3, -0.25) is 9.89 Å². The minimum Gasteiger partial charge on any atom is -0.462 e. The molecule has 0 bridgehead atoms. The molecule has 1 N–H and O–H groups in total. The largest absolute Gasteiger partial charge is 0.462 e. The predicted molar refractivity (Wildman–Crippen MR) is 73.6 cm³/mol. The van der Waals surface area contributed by atoms with E-state index in [0.717, 1.165) is 0 Å². The van der Waals surface area contributed by atoms with E-state index >= 15 is 0 Å². The Balaban J connectivity index is 3.20. The lowest BCUT2D eigenvalue weighted by Crippen LogP contribution is -2.46. The lowest BCUT2D eigenvalue weighted by molar-refractivity contribution is 0.0525. The first kappa shape index (κ1) is 14.8. The van der Waals surface area contributed by atoms with Gasteiger partial charge in [0.25, 0.3) is 5.56 Å². The van der Waals surface area contributed by atoms with Crippen LogP contribution in [0.4, 0.5) is 0 Å². The standard InChI is InChI=1S/C12H22N2O3Si/c1-7-17-11(16)9-8-14(13-10(9)15)18(5,6)12(2,3)4/h8H,7H2,1-6H3,(H,13,15). The minimum absolute atomic E-state index is 0.0703. The van der Waals surface area contributed by atoms with Gasteiger partial charge in [-0.05, 0) is 25.1 Å². The highest BCUT2D eigenvalue weighted by Gasteiger charge is 2.39. The summed E-state index contributed by atoms with van der Waals surface area (Å²) in [6, 6.07) is 0. The van der Waals surface area contributed by atoms with Crippen LogP contribution in [0, 0.1) is 0 Å². The molecule has 18 heavy (non-hydrogen) atoms. The van der Waals surface area contributed by atoms with E-state index < -0.39 is 14.2 Å². The van der Waals surface area contributed by atoms with Crippen molar-refractivity contribution in [3.05, 3.63) is 22.1 Å². The summed E-state index contributed by atoms with van der Waals surface area (Å²) in [4.78, 5) is 23.4. The number of nitrogens with one attached hydrogen (secondary N) is 1. The van der Waals surface area contributed by atoms with Gasteiger partial charge in [0, 0.05) is 6.20 Å². The van der Waals surface area contributed by atoms with Crippen molar-refractivity contribution < 1.29 is 9.53 Å². The number of hydrogen-bond acceptors (Lipinski definition) is 3. The second kappa shape index (κ2) is 4.76. The summed E-state index contributed by atoms with van der Waals surface area (Å²) >= 11 is 0. The number of carbonyl (C=O) groups is 1. The first-order valence-electron chi connectivity index (χ1n) is 6.10. The molecule has 1 rings (SSSR count). The zero-order chi connectivity index (χ0) is 14.1. The molecule has 5 nitrogen and oxygen atoms in total. The molecule has 0 saturated heterocycles. The third-order valence-corrected chi connectivity index (χ3v) is 8.77. The van der Waals surface area contributed by atoms with Crippen molar-refractivity contribution in [1.29, 1.82) is 0 Å². The molecule has 0 spiro atoms. The van der Waals surface area contributed by atoms with Crippen LogP contribution in [-0.2, 0) is 4.74 Å². The van der Waals surface area contributed by atoms with Gasteiger partial charge in [-0.25, -0.2) is 4.79 Å². The number of rotatable bonds is 3. The van der Waals surface area contributed by atoms with Gasteiger partial charge in [0.1, 0.15) is 5.56 Å². The SMILES string of the molecule is CCOC(=O)c1cn([Si](C)(C)C(C)(C)C)[nH]c1=O. The van der Waals surface area contributed by atoms with Crippen molar-refractivity contribution in [2.24, 2.45) is 0 Å². The summed E-state index contributed by atoms with van der Waals surface area (Å²) in [6.07, 6.45) is 1.60. The Bertz CT molecular complexity index is 494. The molecule has 0 aromatic carbocycles. The highest BCUT2D eigenvalue weighted by molar-refractivity contribution is 6.78. The van der Waals surface area contributed by atoms with Crippen molar-refractivity contribution >= 4 is 14.2 Å². The molecule has 102 valence electrons. The van der Waals surface area contributed by atoms with Crippen molar-refractivity contribution in [3.63, 3.8) is 0 Å². The zero-order valence-corrected chi connectivity index (χ0v) is 13.0. The third-order valence-electron chi connectivity index (χ3n) is 3.66. The third kappa shape index (κ3) is 2.58. The number of ether oxygens (including phenoxy) is 1. The van der Waals surface area contributed by atoms with E-state index in [4.69, 9.17) is 4.74 Å². The molecule has 0 atom stereocenters. The average Bonchev–Trinajstić information content (AvgIpc) is 2.59. The lowest BCUT2D eigenvalue weighted by atomic mass is 10.2. The number of hydrogen-bond donors (Lipinski definition) is 1. The van der Waals surface area contributed by atoms with E-state index in [9.17, 15) is 9.59 Å². The molecule has 0 radical (unpaired) electrons. The molecule has 0 aliphatic heterocycles. The Hall–Kier alpha value is -1.30. The van der Waals surface area contributed by atoms with E-state index in [1.165, 1.54) is 0 Å². The Morgan fingerprint density at radius 3 is 2.44 bits per heavy atom. The topological polar surface area (TPSA) is 64.1 Å². The fraction of sp³-hybridized carbons (Fsp3) is 0.667. The molecule has 0 fully saturated rings. The quantitative estimate of drug-likeness (QED) is 0.676. The minimum atomic E-state index is -1.91. The fourth-order valence-corrected chi connectivity index (χ4v) is 2.96. The molecular formula is C12H22N2O3Si. The number of H-pyrrole nitrogens is 1. The number of carbonyl (C=O) groups excluding carboxylic acids is 1. The van der Waals surface area contributed by atoms with Crippen molar-refractivity contribution in [2.75, 3.05) is 6.61 Å². The van der Waals surface area contributed by atoms with E-state index in [0.29, 0.717) is 0 Å². The van der Waals surface area contributed by atoms with Crippen molar-refractivity contribution in [2.45, 2.75) is 45.8 Å². The summed E-state index contributed by atoms with van der Waals surface area (Å²) in [7, 11) is -1.91. The maximum absolute atomic E-state index is 11.8. The van der Waals surface area contributed by atoms with Crippen LogP contribution in [0.15, 0.2) is 11.0 Å². The Morgan fingerprint density at radius 2 is 2.00 bits per heavy atom. The summed E-state index contributed by atoms with van der Waals surface area (Å²) in [6.45, 7) is 12.7. The molecule has 0 aliphatic rings. The molecule has 0 amide bonds. The van der Waals surface area contributed by atoms with Crippen LogP contribution >= 0.6 is 0 Å². The summed E-state index contributed by atoms with van der Waals surface area (Å²) in [5, 5.41) is 2.82. The van der Waals surface area contributed by atoms with Gasteiger partial charge in [0.15, 0.2) is 8.24 Å². The van der Waals surface area contributed by atoms with Crippen molar-refractivity contribution in [1.82, 2.24) is 9.45 Å². The van der Waals surface area contributed by atoms with Crippen LogP contribution in [0.3, 0.4) is 0 Å². The fourth-order valence-electron chi connectivity index (χ4n) is 1.41. The molecule has 1 aromatic rings. The van der Waals surface area contributed by atoms with Gasteiger partial charge in [-0.2, -0.15) is 0 Å². The Kier molecular flexibility index (Phi) is 3.90. The molecule has 0 saturated carbocycles. The first-order valence-corrected chi connectivity index (χ1v) is 9.05. The summed E-state index contributed by atoms with van der Waals surface area (Å²) in [5.74, 6) is -0.559. The summed E-state index contributed by atoms with van der Waals surface area (Å²) in [5.41, 5.74) is -0.292. The van der Waals surface area contributed by atoms with E-state index in [-0.39, 0.29) is 22.8 Å². The van der Waals surface area contributed by atoms with Gasteiger partial charge in [-0.1, -0.05) is 20.8 Å². The molecule has 6 heteroatoms. The lowest BCUT2D eigenvalue weighted by Gasteiger charge is -2.36. The van der Waals surface area contributed by atoms with Gasteiger partial charge >= 0.3 is 5.97 Å². The number of aromatic nitrogens is 2. The molecule has 1 aromatic heterocycles.